The molecule has 0 fully saturated rings. The first-order valence-electron chi connectivity index (χ1n) is 6.77. The second kappa shape index (κ2) is 8.26. The molecule has 0 saturated carbocycles. The number of hydrogen-bond donors (Lipinski definition) is 2. The Kier molecular flexibility index (Phi) is 6.99. The van der Waals surface area contributed by atoms with Crippen LogP contribution in [0.2, 0.25) is 0 Å². The van der Waals surface area contributed by atoms with Crippen molar-refractivity contribution in [1.29, 1.82) is 0 Å². The first-order valence-corrected chi connectivity index (χ1v) is 8.85. The van der Waals surface area contributed by atoms with Gasteiger partial charge < -0.3 is 11.5 Å². The molecule has 0 saturated heterocycles. The molecule has 1 atom stereocenters. The van der Waals surface area contributed by atoms with E-state index in [9.17, 15) is 18.0 Å². The van der Waals surface area contributed by atoms with Gasteiger partial charge in [0.2, 0.25) is 5.91 Å². The molecule has 0 aliphatic rings. The quantitative estimate of drug-likeness (QED) is 0.507. The maximum absolute atomic E-state index is 12.6. The average Bonchev–Trinajstić information content (AvgIpc) is 2.50. The second-order valence-corrected chi connectivity index (χ2v) is 7.20. The van der Waals surface area contributed by atoms with Gasteiger partial charge in [0.15, 0.2) is 15.6 Å². The van der Waals surface area contributed by atoms with Gasteiger partial charge in [-0.2, -0.15) is 0 Å². The summed E-state index contributed by atoms with van der Waals surface area (Å²) in [5, 5.41) is -1.20. The molecule has 0 spiro atoms. The van der Waals surface area contributed by atoms with Crippen LogP contribution in [0.4, 0.5) is 0 Å². The Morgan fingerprint density at radius 1 is 1.14 bits per heavy atom. The van der Waals surface area contributed by atoms with E-state index in [1.165, 1.54) is 24.3 Å². The molecule has 22 heavy (non-hydrogen) atoms. The fraction of sp³-hybridized carbons (Fsp3) is 0.429. The standard InChI is InChI=1S/C14H19ClN2O4S/c15-9-12(18)13(3-1-2-8-16)22(20,21)11-6-4-10(5-7-11)14(17)19/h4-7,13H,1-3,8-9,16H2,(H2,17,19). The van der Waals surface area contributed by atoms with E-state index in [0.29, 0.717) is 19.4 Å². The molecule has 0 heterocycles. The van der Waals surface area contributed by atoms with Crippen LogP contribution in [0.5, 0.6) is 0 Å². The van der Waals surface area contributed by atoms with Gasteiger partial charge in [-0.1, -0.05) is 6.42 Å². The van der Waals surface area contributed by atoms with E-state index in [4.69, 9.17) is 23.1 Å². The molecule has 1 unspecified atom stereocenters. The van der Waals surface area contributed by atoms with Crippen molar-refractivity contribution >= 4 is 33.1 Å². The van der Waals surface area contributed by atoms with Crippen molar-refractivity contribution in [3.05, 3.63) is 29.8 Å². The third kappa shape index (κ3) is 4.53. The Balaban J connectivity index is 3.09. The third-order valence-electron chi connectivity index (χ3n) is 3.25. The van der Waals surface area contributed by atoms with Gasteiger partial charge in [0, 0.05) is 5.56 Å². The molecule has 1 aromatic rings. The highest BCUT2D eigenvalue weighted by Gasteiger charge is 2.32. The Bertz CT molecular complexity index is 629. The van der Waals surface area contributed by atoms with E-state index in [2.05, 4.69) is 0 Å². The fourth-order valence-electron chi connectivity index (χ4n) is 2.02. The molecule has 0 radical (unpaired) electrons. The Morgan fingerprint density at radius 3 is 2.18 bits per heavy atom. The summed E-state index contributed by atoms with van der Waals surface area (Å²) >= 11 is 5.52. The van der Waals surface area contributed by atoms with Crippen molar-refractivity contribution < 1.29 is 18.0 Å². The topological polar surface area (TPSA) is 120 Å². The van der Waals surface area contributed by atoms with Crippen LogP contribution < -0.4 is 11.5 Å². The van der Waals surface area contributed by atoms with E-state index in [1.807, 2.05) is 0 Å². The van der Waals surface area contributed by atoms with E-state index in [1.54, 1.807) is 0 Å². The summed E-state index contributed by atoms with van der Waals surface area (Å²) in [7, 11) is -3.86. The summed E-state index contributed by atoms with van der Waals surface area (Å²) < 4.78 is 25.2. The number of hydrogen-bond acceptors (Lipinski definition) is 5. The molecule has 122 valence electrons. The highest BCUT2D eigenvalue weighted by molar-refractivity contribution is 7.92. The van der Waals surface area contributed by atoms with E-state index < -0.39 is 26.8 Å². The van der Waals surface area contributed by atoms with Gasteiger partial charge >= 0.3 is 0 Å². The normalized spacial score (nSPS) is 12.8. The van der Waals surface area contributed by atoms with Crippen LogP contribution in [0.1, 0.15) is 29.6 Å². The van der Waals surface area contributed by atoms with E-state index in [0.717, 1.165) is 0 Å². The molecular formula is C14H19ClN2O4S. The van der Waals surface area contributed by atoms with Crippen LogP contribution in [0.15, 0.2) is 29.2 Å². The van der Waals surface area contributed by atoms with Gasteiger partial charge in [0.25, 0.3) is 0 Å². The first-order chi connectivity index (χ1) is 10.3. The average molecular weight is 347 g/mol. The monoisotopic (exact) mass is 346 g/mol. The van der Waals surface area contributed by atoms with Crippen LogP contribution >= 0.6 is 11.6 Å². The third-order valence-corrected chi connectivity index (χ3v) is 5.69. The maximum Gasteiger partial charge on any atom is 0.248 e. The van der Waals surface area contributed by atoms with Crippen molar-refractivity contribution in [2.45, 2.75) is 29.4 Å². The largest absolute Gasteiger partial charge is 0.366 e. The van der Waals surface area contributed by atoms with Crippen molar-refractivity contribution in [3.8, 4) is 0 Å². The van der Waals surface area contributed by atoms with Gasteiger partial charge in [-0.25, -0.2) is 8.42 Å². The van der Waals surface area contributed by atoms with Crippen LogP contribution in [-0.4, -0.2) is 37.8 Å². The molecule has 1 aromatic carbocycles. The number of sulfone groups is 1. The van der Waals surface area contributed by atoms with Crippen molar-refractivity contribution in [2.75, 3.05) is 12.4 Å². The maximum atomic E-state index is 12.6. The number of nitrogens with two attached hydrogens (primary N) is 2. The minimum atomic E-state index is -3.86. The summed E-state index contributed by atoms with van der Waals surface area (Å²) in [6.07, 6.45) is 1.31. The summed E-state index contributed by atoms with van der Waals surface area (Å²) in [4.78, 5) is 22.9. The molecule has 0 aromatic heterocycles. The number of carbonyl (C=O) groups is 2. The zero-order valence-electron chi connectivity index (χ0n) is 12.0. The predicted octanol–water partition coefficient (Wildman–Crippen LogP) is 0.865. The van der Waals surface area contributed by atoms with E-state index >= 15 is 0 Å². The molecule has 1 amide bonds. The van der Waals surface area contributed by atoms with Gasteiger partial charge in [0.05, 0.1) is 10.8 Å². The number of Topliss-reactive ketones (excluding diaryl/α,β-unsaturated/α-hetero) is 1. The van der Waals surface area contributed by atoms with Crippen LogP contribution in [0.25, 0.3) is 0 Å². The minimum Gasteiger partial charge on any atom is -0.366 e. The van der Waals surface area contributed by atoms with Crippen molar-refractivity contribution in [1.82, 2.24) is 0 Å². The second-order valence-electron chi connectivity index (χ2n) is 4.81. The zero-order chi connectivity index (χ0) is 16.8. The smallest absolute Gasteiger partial charge is 0.248 e. The van der Waals surface area contributed by atoms with Crippen LogP contribution in [0.3, 0.4) is 0 Å². The number of benzene rings is 1. The number of halogens is 1. The zero-order valence-corrected chi connectivity index (χ0v) is 13.6. The number of unbranched alkanes of at least 4 members (excludes halogenated alkanes) is 1. The number of primary amides is 1. The predicted molar refractivity (Wildman–Crippen MR) is 84.6 cm³/mol. The Morgan fingerprint density at radius 2 is 1.73 bits per heavy atom. The van der Waals surface area contributed by atoms with Gasteiger partial charge in [-0.3, -0.25) is 9.59 Å². The number of alkyl halides is 1. The molecule has 0 aliphatic heterocycles. The summed E-state index contributed by atoms with van der Waals surface area (Å²) in [6.45, 7) is 0.426. The Labute approximate surface area is 134 Å². The number of amides is 1. The molecular weight excluding hydrogens is 328 g/mol. The number of carbonyl (C=O) groups excluding carboxylic acids is 2. The Hall–Kier alpha value is -1.44. The molecule has 4 N–H and O–H groups in total. The van der Waals surface area contributed by atoms with Crippen molar-refractivity contribution in [2.24, 2.45) is 11.5 Å². The summed E-state index contributed by atoms with van der Waals surface area (Å²) in [5.41, 5.74) is 10.7. The SMILES string of the molecule is NCCCCC(C(=O)CCl)S(=O)(=O)c1ccc(C(N)=O)cc1. The highest BCUT2D eigenvalue weighted by atomic mass is 35.5. The first kappa shape index (κ1) is 18.6. The highest BCUT2D eigenvalue weighted by Crippen LogP contribution is 2.22. The molecule has 8 heteroatoms. The fourth-order valence-corrected chi connectivity index (χ4v) is 4.05. The molecule has 1 rings (SSSR count). The summed E-state index contributed by atoms with van der Waals surface area (Å²) in [6, 6.07) is 5.18. The number of rotatable bonds is 9. The molecule has 0 aliphatic carbocycles. The van der Waals surface area contributed by atoms with Crippen LogP contribution in [0, 0.1) is 0 Å². The lowest BCUT2D eigenvalue weighted by molar-refractivity contribution is -0.116. The van der Waals surface area contributed by atoms with E-state index in [-0.39, 0.29) is 22.8 Å². The van der Waals surface area contributed by atoms with Gasteiger partial charge in [-0.05, 0) is 43.7 Å². The van der Waals surface area contributed by atoms with Crippen molar-refractivity contribution in [3.63, 3.8) is 0 Å². The lowest BCUT2D eigenvalue weighted by Gasteiger charge is -2.15. The van der Waals surface area contributed by atoms with Gasteiger partial charge in [0.1, 0.15) is 5.25 Å². The molecule has 6 nitrogen and oxygen atoms in total. The lowest BCUT2D eigenvalue weighted by atomic mass is 10.1. The summed E-state index contributed by atoms with van der Waals surface area (Å²) in [5.74, 6) is -1.57. The lowest BCUT2D eigenvalue weighted by Crippen LogP contribution is -2.31. The number of ketones is 1. The van der Waals surface area contributed by atoms with Gasteiger partial charge in [-0.15, -0.1) is 11.6 Å². The minimum absolute atomic E-state index is 0.0336. The molecule has 0 bridgehead atoms. The van der Waals surface area contributed by atoms with Crippen LogP contribution in [-0.2, 0) is 14.6 Å².